The molecule has 0 aromatic heterocycles. The van der Waals surface area contributed by atoms with Crippen LogP contribution in [-0.2, 0) is 0 Å². The highest BCUT2D eigenvalue weighted by Gasteiger charge is 2.10. The Kier molecular flexibility index (Phi) is 3.79. The molecule has 0 atom stereocenters. The van der Waals surface area contributed by atoms with E-state index in [2.05, 4.69) is 5.32 Å². The van der Waals surface area contributed by atoms with Crippen LogP contribution in [0, 0.1) is 13.8 Å². The number of hydrogen-bond donors (Lipinski definition) is 1. The fraction of sp³-hybridized carbons (Fsp3) is 0.105. The number of carbonyl (C=O) groups excluding carboxylic acids is 1. The number of amides is 1. The van der Waals surface area contributed by atoms with E-state index in [1.165, 1.54) is 0 Å². The van der Waals surface area contributed by atoms with Gasteiger partial charge in [-0.3, -0.25) is 5.32 Å². The number of hydrogen-bond acceptors (Lipinski definition) is 2. The molecule has 0 aliphatic rings. The Morgan fingerprint density at radius 3 is 2.27 bits per heavy atom. The molecule has 0 heterocycles. The summed E-state index contributed by atoms with van der Waals surface area (Å²) in [5.74, 6) is 0.557. The molecule has 3 rings (SSSR count). The predicted molar refractivity (Wildman–Crippen MR) is 89.5 cm³/mol. The number of nitrogens with one attached hydrogen (secondary N) is 1. The van der Waals surface area contributed by atoms with E-state index < -0.39 is 6.09 Å². The van der Waals surface area contributed by atoms with Gasteiger partial charge in [-0.2, -0.15) is 0 Å². The van der Waals surface area contributed by atoms with Gasteiger partial charge in [-0.25, -0.2) is 4.79 Å². The second-order valence-corrected chi connectivity index (χ2v) is 5.26. The zero-order valence-electron chi connectivity index (χ0n) is 12.6. The van der Waals surface area contributed by atoms with E-state index in [1.54, 1.807) is 6.07 Å². The van der Waals surface area contributed by atoms with Gasteiger partial charge in [0, 0.05) is 11.1 Å². The first-order chi connectivity index (χ1) is 10.6. The third-order valence-corrected chi connectivity index (χ3v) is 3.66. The zero-order valence-corrected chi connectivity index (χ0v) is 12.6. The molecular weight excluding hydrogens is 274 g/mol. The van der Waals surface area contributed by atoms with Crippen molar-refractivity contribution in [3.05, 3.63) is 71.8 Å². The minimum atomic E-state index is -0.478. The van der Waals surface area contributed by atoms with E-state index in [0.717, 1.165) is 27.6 Å². The molecule has 0 aliphatic heterocycles. The van der Waals surface area contributed by atoms with E-state index in [9.17, 15) is 4.79 Å². The van der Waals surface area contributed by atoms with Crippen molar-refractivity contribution in [2.45, 2.75) is 13.8 Å². The Balaban J connectivity index is 1.85. The maximum Gasteiger partial charge on any atom is 0.417 e. The summed E-state index contributed by atoms with van der Waals surface area (Å²) in [6.45, 7) is 3.92. The highest BCUT2D eigenvalue weighted by atomic mass is 16.6. The molecule has 22 heavy (non-hydrogen) atoms. The molecule has 1 amide bonds. The fourth-order valence-electron chi connectivity index (χ4n) is 2.52. The van der Waals surface area contributed by atoms with Gasteiger partial charge in [-0.1, -0.05) is 54.6 Å². The molecule has 3 heteroatoms. The van der Waals surface area contributed by atoms with Crippen LogP contribution in [0.5, 0.6) is 5.75 Å². The number of ether oxygens (including phenoxy) is 1. The molecule has 0 spiro atoms. The normalized spacial score (nSPS) is 10.5. The van der Waals surface area contributed by atoms with E-state index in [1.807, 2.05) is 68.4 Å². The van der Waals surface area contributed by atoms with E-state index >= 15 is 0 Å². The number of anilines is 1. The van der Waals surface area contributed by atoms with Crippen LogP contribution in [0.2, 0.25) is 0 Å². The maximum atomic E-state index is 12.2. The van der Waals surface area contributed by atoms with Crippen molar-refractivity contribution in [3.63, 3.8) is 0 Å². The molecule has 3 aromatic rings. The van der Waals surface area contributed by atoms with Crippen molar-refractivity contribution in [1.82, 2.24) is 0 Å². The molecule has 110 valence electrons. The number of rotatable bonds is 2. The SMILES string of the molecule is Cc1cccc(C)c1NC(=O)Oc1cccc2ccccc12. The lowest BCUT2D eigenvalue weighted by Crippen LogP contribution is -2.18. The minimum Gasteiger partial charge on any atom is -0.409 e. The van der Waals surface area contributed by atoms with Gasteiger partial charge in [0.05, 0.1) is 0 Å². The molecule has 0 fully saturated rings. The Morgan fingerprint density at radius 1 is 0.864 bits per heavy atom. The van der Waals surface area contributed by atoms with Gasteiger partial charge < -0.3 is 4.74 Å². The maximum absolute atomic E-state index is 12.2. The summed E-state index contributed by atoms with van der Waals surface area (Å²) in [7, 11) is 0. The van der Waals surface area contributed by atoms with Gasteiger partial charge in [-0.05, 0) is 36.4 Å². The summed E-state index contributed by atoms with van der Waals surface area (Å²) in [5.41, 5.74) is 2.82. The van der Waals surface area contributed by atoms with E-state index in [-0.39, 0.29) is 0 Å². The van der Waals surface area contributed by atoms with E-state index in [4.69, 9.17) is 4.74 Å². The Bertz CT molecular complexity index is 814. The third kappa shape index (κ3) is 2.79. The summed E-state index contributed by atoms with van der Waals surface area (Å²) in [4.78, 5) is 12.2. The standard InChI is InChI=1S/C19H17NO2/c1-13-7-5-8-14(2)18(13)20-19(21)22-17-12-6-10-15-9-3-4-11-16(15)17/h3-12H,1-2H3,(H,20,21). The van der Waals surface area contributed by atoms with Crippen molar-refractivity contribution in [2.75, 3.05) is 5.32 Å². The van der Waals surface area contributed by atoms with Crippen LogP contribution in [-0.4, -0.2) is 6.09 Å². The van der Waals surface area contributed by atoms with Crippen molar-refractivity contribution < 1.29 is 9.53 Å². The second-order valence-electron chi connectivity index (χ2n) is 5.26. The van der Waals surface area contributed by atoms with Crippen LogP contribution in [0.15, 0.2) is 60.7 Å². The molecule has 3 nitrogen and oxygen atoms in total. The van der Waals surface area contributed by atoms with Gasteiger partial charge in [0.2, 0.25) is 0 Å². The zero-order chi connectivity index (χ0) is 15.5. The lowest BCUT2D eigenvalue weighted by atomic mass is 10.1. The van der Waals surface area contributed by atoms with Crippen molar-refractivity contribution in [1.29, 1.82) is 0 Å². The third-order valence-electron chi connectivity index (χ3n) is 3.66. The number of carbonyl (C=O) groups is 1. The van der Waals surface area contributed by atoms with Crippen LogP contribution in [0.1, 0.15) is 11.1 Å². The lowest BCUT2D eigenvalue weighted by molar-refractivity contribution is 0.215. The predicted octanol–water partition coefficient (Wildman–Crippen LogP) is 5.07. The highest BCUT2D eigenvalue weighted by Crippen LogP contribution is 2.26. The van der Waals surface area contributed by atoms with Crippen LogP contribution < -0.4 is 10.1 Å². The van der Waals surface area contributed by atoms with Gasteiger partial charge in [0.25, 0.3) is 0 Å². The summed E-state index contributed by atoms with van der Waals surface area (Å²) in [6, 6.07) is 19.4. The molecule has 0 aliphatic carbocycles. The number of benzene rings is 3. The van der Waals surface area contributed by atoms with Crippen molar-refractivity contribution in [3.8, 4) is 5.75 Å². The summed E-state index contributed by atoms with van der Waals surface area (Å²) < 4.78 is 5.49. The number of para-hydroxylation sites is 1. The molecule has 0 radical (unpaired) electrons. The first kappa shape index (κ1) is 14.1. The smallest absolute Gasteiger partial charge is 0.409 e. The number of aryl methyl sites for hydroxylation is 2. The Morgan fingerprint density at radius 2 is 1.50 bits per heavy atom. The summed E-state index contributed by atoms with van der Waals surface area (Å²) in [6.07, 6.45) is -0.478. The summed E-state index contributed by atoms with van der Waals surface area (Å²) >= 11 is 0. The average Bonchev–Trinajstić information content (AvgIpc) is 2.51. The largest absolute Gasteiger partial charge is 0.417 e. The fourth-order valence-corrected chi connectivity index (χ4v) is 2.52. The lowest BCUT2D eigenvalue weighted by Gasteiger charge is -2.12. The van der Waals surface area contributed by atoms with Crippen molar-refractivity contribution >= 4 is 22.6 Å². The average molecular weight is 291 g/mol. The molecule has 1 N–H and O–H groups in total. The topological polar surface area (TPSA) is 38.3 Å². The molecule has 0 unspecified atom stereocenters. The highest BCUT2D eigenvalue weighted by molar-refractivity contribution is 5.93. The van der Waals surface area contributed by atoms with Gasteiger partial charge in [-0.15, -0.1) is 0 Å². The molecular formula is C19H17NO2. The van der Waals surface area contributed by atoms with Crippen LogP contribution in [0.3, 0.4) is 0 Å². The quantitative estimate of drug-likeness (QED) is 0.716. The molecule has 3 aromatic carbocycles. The van der Waals surface area contributed by atoms with Crippen LogP contribution >= 0.6 is 0 Å². The number of fused-ring (bicyclic) bond motifs is 1. The first-order valence-electron chi connectivity index (χ1n) is 7.18. The van der Waals surface area contributed by atoms with Gasteiger partial charge in [0.15, 0.2) is 0 Å². The second kappa shape index (κ2) is 5.90. The van der Waals surface area contributed by atoms with E-state index in [0.29, 0.717) is 5.75 Å². The molecule has 0 bridgehead atoms. The summed E-state index contributed by atoms with van der Waals surface area (Å²) in [5, 5.41) is 4.79. The Labute approximate surface area is 129 Å². The van der Waals surface area contributed by atoms with Gasteiger partial charge >= 0.3 is 6.09 Å². The van der Waals surface area contributed by atoms with Crippen LogP contribution in [0.4, 0.5) is 10.5 Å². The molecule has 0 saturated carbocycles. The molecule has 0 saturated heterocycles. The van der Waals surface area contributed by atoms with Gasteiger partial charge in [0.1, 0.15) is 5.75 Å². The monoisotopic (exact) mass is 291 g/mol. The van der Waals surface area contributed by atoms with Crippen molar-refractivity contribution in [2.24, 2.45) is 0 Å². The minimum absolute atomic E-state index is 0.478. The first-order valence-corrected chi connectivity index (χ1v) is 7.18. The Hall–Kier alpha value is -2.81. The van der Waals surface area contributed by atoms with Crippen LogP contribution in [0.25, 0.3) is 10.8 Å².